The van der Waals surface area contributed by atoms with E-state index in [-0.39, 0.29) is 22.3 Å². The summed E-state index contributed by atoms with van der Waals surface area (Å²) in [6.45, 7) is 7.85. The van der Waals surface area contributed by atoms with Crippen LogP contribution in [0.4, 0.5) is 0 Å². The maximum Gasteiger partial charge on any atom is 0.271 e. The van der Waals surface area contributed by atoms with Crippen molar-refractivity contribution in [1.82, 2.24) is 14.1 Å². The summed E-state index contributed by atoms with van der Waals surface area (Å²) >= 11 is 0. The molecule has 5 nitrogen and oxygen atoms in total. The SMILES string of the molecule is C/C=C\C(=C/C)n1c(C(C)C)nc2c(c(=O)c3c(n2C)CCCCC3)c1=O. The van der Waals surface area contributed by atoms with E-state index in [1.807, 2.05) is 57.5 Å². The second kappa shape index (κ2) is 7.67. The van der Waals surface area contributed by atoms with Gasteiger partial charge in [0.2, 0.25) is 0 Å². The van der Waals surface area contributed by atoms with Gasteiger partial charge in [-0.05, 0) is 45.6 Å². The molecule has 144 valence electrons. The topological polar surface area (TPSA) is 56.9 Å². The highest BCUT2D eigenvalue weighted by atomic mass is 16.1. The molecule has 0 spiro atoms. The van der Waals surface area contributed by atoms with Crippen LogP contribution >= 0.6 is 0 Å². The average molecular weight is 367 g/mol. The number of allylic oxidation sites excluding steroid dienone is 4. The second-order valence-corrected chi connectivity index (χ2v) is 7.55. The van der Waals surface area contributed by atoms with Crippen molar-refractivity contribution in [2.75, 3.05) is 0 Å². The van der Waals surface area contributed by atoms with E-state index in [0.717, 1.165) is 49.1 Å². The molecule has 0 unspecified atom stereocenters. The summed E-state index contributed by atoms with van der Waals surface area (Å²) < 4.78 is 3.59. The standard InChI is InChI=1S/C22H29N3O2/c1-6-11-15(7-2)25-20(14(3)4)23-21-18(22(25)27)19(26)16-12-9-8-10-13-17(16)24(21)5/h6-7,11,14H,8-10,12-13H2,1-5H3/b11-6-,15-7+. The molecule has 2 aromatic rings. The van der Waals surface area contributed by atoms with E-state index in [9.17, 15) is 9.59 Å². The van der Waals surface area contributed by atoms with Crippen LogP contribution in [0.5, 0.6) is 0 Å². The number of hydrogen-bond donors (Lipinski definition) is 0. The monoisotopic (exact) mass is 367 g/mol. The summed E-state index contributed by atoms with van der Waals surface area (Å²) in [7, 11) is 1.94. The Bertz CT molecular complexity index is 1050. The van der Waals surface area contributed by atoms with Crippen LogP contribution in [0.1, 0.15) is 70.0 Å². The van der Waals surface area contributed by atoms with E-state index in [0.29, 0.717) is 11.5 Å². The lowest BCUT2D eigenvalue weighted by atomic mass is 10.1. The summed E-state index contributed by atoms with van der Waals surface area (Å²) in [4.78, 5) is 31.6. The maximum absolute atomic E-state index is 13.5. The number of aryl methyl sites for hydroxylation is 1. The Hall–Kier alpha value is -2.43. The van der Waals surface area contributed by atoms with Gasteiger partial charge in [0, 0.05) is 29.9 Å². The largest absolute Gasteiger partial charge is 0.332 e. The van der Waals surface area contributed by atoms with Crippen molar-refractivity contribution in [1.29, 1.82) is 0 Å². The quantitative estimate of drug-likeness (QED) is 0.610. The summed E-state index contributed by atoms with van der Waals surface area (Å²) in [5.74, 6) is 0.735. The van der Waals surface area contributed by atoms with Crippen LogP contribution in [0.2, 0.25) is 0 Å². The van der Waals surface area contributed by atoms with Gasteiger partial charge in [-0.3, -0.25) is 14.2 Å². The van der Waals surface area contributed by atoms with Crippen molar-refractivity contribution in [2.24, 2.45) is 7.05 Å². The van der Waals surface area contributed by atoms with Gasteiger partial charge in [0.15, 0.2) is 11.1 Å². The summed E-state index contributed by atoms with van der Waals surface area (Å²) in [6.07, 6.45) is 10.5. The van der Waals surface area contributed by atoms with Crippen LogP contribution in [-0.2, 0) is 19.9 Å². The molecule has 0 radical (unpaired) electrons. The third-order valence-electron chi connectivity index (χ3n) is 5.41. The maximum atomic E-state index is 13.5. The zero-order chi connectivity index (χ0) is 19.7. The Kier molecular flexibility index (Phi) is 5.49. The Morgan fingerprint density at radius 3 is 2.44 bits per heavy atom. The van der Waals surface area contributed by atoms with Gasteiger partial charge in [0.1, 0.15) is 11.2 Å². The van der Waals surface area contributed by atoms with Gasteiger partial charge in [-0.25, -0.2) is 4.98 Å². The minimum Gasteiger partial charge on any atom is -0.332 e. The average Bonchev–Trinajstić information content (AvgIpc) is 2.90. The zero-order valence-corrected chi connectivity index (χ0v) is 17.0. The lowest BCUT2D eigenvalue weighted by Gasteiger charge is -2.20. The molecular formula is C22H29N3O2. The van der Waals surface area contributed by atoms with Gasteiger partial charge in [-0.1, -0.05) is 32.4 Å². The molecule has 0 fully saturated rings. The number of hydrogen-bond acceptors (Lipinski definition) is 3. The summed E-state index contributed by atoms with van der Waals surface area (Å²) in [5, 5.41) is 0.214. The first-order chi connectivity index (χ1) is 12.9. The van der Waals surface area contributed by atoms with Crippen molar-refractivity contribution in [3.05, 3.63) is 55.9 Å². The van der Waals surface area contributed by atoms with E-state index < -0.39 is 0 Å². The van der Waals surface area contributed by atoms with Crippen molar-refractivity contribution >= 4 is 16.7 Å². The van der Waals surface area contributed by atoms with Gasteiger partial charge in [-0.2, -0.15) is 0 Å². The highest BCUT2D eigenvalue weighted by Gasteiger charge is 2.23. The van der Waals surface area contributed by atoms with Crippen molar-refractivity contribution in [3.8, 4) is 0 Å². The van der Waals surface area contributed by atoms with Crippen LogP contribution in [0, 0.1) is 0 Å². The molecule has 1 aliphatic carbocycles. The lowest BCUT2D eigenvalue weighted by Crippen LogP contribution is -2.32. The minimum atomic E-state index is -0.262. The van der Waals surface area contributed by atoms with Crippen molar-refractivity contribution < 1.29 is 0 Å². The van der Waals surface area contributed by atoms with Crippen molar-refractivity contribution in [3.63, 3.8) is 0 Å². The number of aromatic nitrogens is 3. The molecular weight excluding hydrogens is 338 g/mol. The molecule has 2 aromatic heterocycles. The van der Waals surface area contributed by atoms with E-state index in [1.165, 1.54) is 0 Å². The number of nitrogens with zero attached hydrogens (tertiary/aromatic N) is 3. The van der Waals surface area contributed by atoms with Crippen molar-refractivity contribution in [2.45, 2.75) is 65.7 Å². The molecule has 0 bridgehead atoms. The Morgan fingerprint density at radius 1 is 1.11 bits per heavy atom. The molecule has 3 rings (SSSR count). The van der Waals surface area contributed by atoms with Crippen LogP contribution in [-0.4, -0.2) is 14.1 Å². The molecule has 0 aromatic carbocycles. The number of rotatable bonds is 3. The Labute approximate surface area is 160 Å². The molecule has 5 heteroatoms. The normalized spacial score (nSPS) is 15.6. The Balaban J connectivity index is 2.51. The summed E-state index contributed by atoms with van der Waals surface area (Å²) in [6, 6.07) is 0. The van der Waals surface area contributed by atoms with Gasteiger partial charge in [0.25, 0.3) is 5.56 Å². The smallest absolute Gasteiger partial charge is 0.271 e. The first-order valence-corrected chi connectivity index (χ1v) is 9.89. The van der Waals surface area contributed by atoms with E-state index in [1.54, 1.807) is 4.57 Å². The van der Waals surface area contributed by atoms with Gasteiger partial charge >= 0.3 is 0 Å². The molecule has 0 saturated heterocycles. The molecule has 0 amide bonds. The molecule has 27 heavy (non-hydrogen) atoms. The van der Waals surface area contributed by atoms with Crippen LogP contribution in [0.25, 0.3) is 16.7 Å². The fourth-order valence-corrected chi connectivity index (χ4v) is 4.03. The molecule has 1 aliphatic rings. The van der Waals surface area contributed by atoms with E-state index in [2.05, 4.69) is 0 Å². The fraction of sp³-hybridized carbons (Fsp3) is 0.500. The van der Waals surface area contributed by atoms with Crippen LogP contribution < -0.4 is 11.0 Å². The molecule has 0 saturated carbocycles. The third-order valence-corrected chi connectivity index (χ3v) is 5.41. The predicted octanol–water partition coefficient (Wildman–Crippen LogP) is 3.92. The second-order valence-electron chi connectivity index (χ2n) is 7.55. The number of fused-ring (bicyclic) bond motifs is 2. The van der Waals surface area contributed by atoms with Gasteiger partial charge in [0.05, 0.1) is 0 Å². The molecule has 0 atom stereocenters. The molecule has 2 heterocycles. The van der Waals surface area contributed by atoms with E-state index in [4.69, 9.17) is 4.98 Å². The highest BCUT2D eigenvalue weighted by molar-refractivity contribution is 5.77. The predicted molar refractivity (Wildman–Crippen MR) is 111 cm³/mol. The first kappa shape index (κ1) is 19.3. The van der Waals surface area contributed by atoms with Gasteiger partial charge < -0.3 is 4.57 Å². The number of pyridine rings is 1. The van der Waals surface area contributed by atoms with Crippen LogP contribution in [0.3, 0.4) is 0 Å². The zero-order valence-electron chi connectivity index (χ0n) is 17.0. The highest BCUT2D eigenvalue weighted by Crippen LogP contribution is 2.23. The minimum absolute atomic E-state index is 0.0521. The fourth-order valence-electron chi connectivity index (χ4n) is 4.03. The third kappa shape index (κ3) is 3.20. The first-order valence-electron chi connectivity index (χ1n) is 9.89. The van der Waals surface area contributed by atoms with Gasteiger partial charge in [-0.15, -0.1) is 0 Å². The van der Waals surface area contributed by atoms with E-state index >= 15 is 0 Å². The lowest BCUT2D eigenvalue weighted by molar-refractivity contribution is 0.694. The Morgan fingerprint density at radius 2 is 1.81 bits per heavy atom. The van der Waals surface area contributed by atoms with Crippen LogP contribution in [0.15, 0.2) is 27.8 Å². The molecule has 0 N–H and O–H groups in total. The summed E-state index contributed by atoms with van der Waals surface area (Å²) in [5.41, 5.74) is 2.72. The molecule has 0 aliphatic heterocycles.